The Balaban J connectivity index is 4.25. The van der Waals surface area contributed by atoms with Gasteiger partial charge in [0, 0.05) is 19.3 Å². The van der Waals surface area contributed by atoms with Crippen LogP contribution >= 0.6 is 0 Å². The van der Waals surface area contributed by atoms with Crippen LogP contribution in [0.4, 0.5) is 0 Å². The first-order valence-corrected chi connectivity index (χ1v) is 30.3. The first kappa shape index (κ1) is 65.4. The van der Waals surface area contributed by atoms with Crippen molar-refractivity contribution in [2.24, 2.45) is 11.8 Å². The molecule has 0 saturated heterocycles. The van der Waals surface area contributed by atoms with Gasteiger partial charge in [-0.1, -0.05) is 304 Å². The summed E-state index contributed by atoms with van der Waals surface area (Å²) in [6.07, 6.45) is 58.1. The van der Waals surface area contributed by atoms with Gasteiger partial charge in [-0.25, -0.2) is 0 Å². The molecular weight excluding hydrogens is 829 g/mol. The highest BCUT2D eigenvalue weighted by Crippen LogP contribution is 2.19. The van der Waals surface area contributed by atoms with Crippen LogP contribution in [-0.4, -0.2) is 37.2 Å². The van der Waals surface area contributed by atoms with Gasteiger partial charge < -0.3 is 14.2 Å². The van der Waals surface area contributed by atoms with E-state index in [4.69, 9.17) is 14.2 Å². The highest BCUT2D eigenvalue weighted by Gasteiger charge is 2.19. The molecule has 0 aliphatic heterocycles. The highest BCUT2D eigenvalue weighted by atomic mass is 16.6. The summed E-state index contributed by atoms with van der Waals surface area (Å²) in [4.78, 5) is 38.2. The molecule has 6 nitrogen and oxygen atoms in total. The molecule has 0 saturated carbocycles. The summed E-state index contributed by atoms with van der Waals surface area (Å²) in [6, 6.07) is 0. The molecule has 0 radical (unpaired) electrons. The lowest BCUT2D eigenvalue weighted by molar-refractivity contribution is -0.167. The normalized spacial score (nSPS) is 12.4. The quantitative estimate of drug-likeness (QED) is 0.0343. The maximum Gasteiger partial charge on any atom is 0.306 e. The van der Waals surface area contributed by atoms with E-state index in [9.17, 15) is 14.4 Å². The number of hydrogen-bond acceptors (Lipinski definition) is 6. The third-order valence-electron chi connectivity index (χ3n) is 14.3. The molecule has 0 amide bonds. The van der Waals surface area contributed by atoms with Gasteiger partial charge in [-0.3, -0.25) is 14.4 Å². The topological polar surface area (TPSA) is 78.9 Å². The first-order chi connectivity index (χ1) is 32.8. The summed E-state index contributed by atoms with van der Waals surface area (Å²) in [7, 11) is 0. The Kier molecular flexibility index (Phi) is 52.5. The number of carbonyl (C=O) groups excluding carboxylic acids is 3. The lowest BCUT2D eigenvalue weighted by Gasteiger charge is -2.18. The van der Waals surface area contributed by atoms with Crippen LogP contribution in [0.1, 0.15) is 343 Å². The van der Waals surface area contributed by atoms with E-state index in [2.05, 4.69) is 34.6 Å². The summed E-state index contributed by atoms with van der Waals surface area (Å²) in [5.41, 5.74) is 0. The van der Waals surface area contributed by atoms with E-state index in [1.165, 1.54) is 231 Å². The highest BCUT2D eigenvalue weighted by molar-refractivity contribution is 5.71. The van der Waals surface area contributed by atoms with Crippen molar-refractivity contribution in [3.63, 3.8) is 0 Å². The molecule has 0 fully saturated rings. The van der Waals surface area contributed by atoms with Crippen molar-refractivity contribution in [1.29, 1.82) is 0 Å². The van der Waals surface area contributed by atoms with Crippen LogP contribution in [-0.2, 0) is 28.6 Å². The lowest BCUT2D eigenvalue weighted by atomic mass is 9.99. The van der Waals surface area contributed by atoms with Gasteiger partial charge in [-0.15, -0.1) is 0 Å². The second kappa shape index (κ2) is 53.8. The van der Waals surface area contributed by atoms with Crippen molar-refractivity contribution < 1.29 is 28.6 Å². The molecule has 0 aromatic heterocycles. The zero-order valence-electron chi connectivity index (χ0n) is 46.0. The molecule has 0 aliphatic rings. The Hall–Kier alpha value is -1.59. The van der Waals surface area contributed by atoms with Gasteiger partial charge in [-0.05, 0) is 31.1 Å². The Morgan fingerprint density at radius 1 is 0.313 bits per heavy atom. The molecule has 1 unspecified atom stereocenters. The zero-order chi connectivity index (χ0) is 48.9. The molecule has 398 valence electrons. The van der Waals surface area contributed by atoms with Crippen LogP contribution in [0, 0.1) is 11.8 Å². The van der Waals surface area contributed by atoms with Crippen LogP contribution < -0.4 is 0 Å². The van der Waals surface area contributed by atoms with Gasteiger partial charge in [0.05, 0.1) is 0 Å². The molecule has 0 spiro atoms. The van der Waals surface area contributed by atoms with Crippen molar-refractivity contribution in [3.05, 3.63) is 0 Å². The minimum atomic E-state index is -0.763. The van der Waals surface area contributed by atoms with Crippen molar-refractivity contribution in [1.82, 2.24) is 0 Å². The van der Waals surface area contributed by atoms with Gasteiger partial charge >= 0.3 is 17.9 Å². The molecular formula is C61H118O6. The smallest absolute Gasteiger partial charge is 0.306 e. The van der Waals surface area contributed by atoms with Crippen LogP contribution in [0.25, 0.3) is 0 Å². The van der Waals surface area contributed by atoms with Crippen molar-refractivity contribution >= 4 is 17.9 Å². The van der Waals surface area contributed by atoms with Gasteiger partial charge in [0.25, 0.3) is 0 Å². The molecule has 6 heteroatoms. The van der Waals surface area contributed by atoms with Gasteiger partial charge in [0.1, 0.15) is 13.2 Å². The van der Waals surface area contributed by atoms with Crippen molar-refractivity contribution in [3.8, 4) is 0 Å². The van der Waals surface area contributed by atoms with Crippen molar-refractivity contribution in [2.75, 3.05) is 13.2 Å². The Morgan fingerprint density at radius 2 is 0.567 bits per heavy atom. The number of ether oxygens (including phenoxy) is 3. The Bertz CT molecular complexity index is 1030. The largest absolute Gasteiger partial charge is 0.462 e. The SMILES string of the molecule is CCCCCCCCCCCCCCCCC(=O)OC[C@@H](COC(=O)CCCCCCCCCCCCCCCCCCCCC(C)C)OC(=O)CCCCCCCCCCCCC(C)CC. The predicted octanol–water partition coefficient (Wildman–Crippen LogP) is 20.0. The average molecular weight is 948 g/mol. The van der Waals surface area contributed by atoms with Crippen LogP contribution in [0.2, 0.25) is 0 Å². The fourth-order valence-corrected chi connectivity index (χ4v) is 9.37. The molecule has 0 bridgehead atoms. The van der Waals surface area contributed by atoms with E-state index in [-0.39, 0.29) is 31.1 Å². The van der Waals surface area contributed by atoms with E-state index >= 15 is 0 Å². The summed E-state index contributed by atoms with van der Waals surface area (Å²) in [6.45, 7) is 11.5. The molecule has 2 atom stereocenters. The summed E-state index contributed by atoms with van der Waals surface area (Å²) >= 11 is 0. The van der Waals surface area contributed by atoms with Crippen LogP contribution in [0.5, 0.6) is 0 Å². The number of carbonyl (C=O) groups is 3. The van der Waals surface area contributed by atoms with Crippen molar-refractivity contribution in [2.45, 2.75) is 349 Å². The standard InChI is InChI=1S/C61H118O6/c1-6-8-9-10-11-12-13-14-22-25-31-36-41-46-51-59(62)65-54-58(67-61(64)53-48-43-38-33-28-27-30-35-40-45-50-57(5)7-2)55-66-60(63)52-47-42-37-32-26-23-20-18-16-15-17-19-21-24-29-34-39-44-49-56(3)4/h56-58H,6-55H2,1-5H3/t57?,58-/m0/s1. The van der Waals surface area contributed by atoms with E-state index in [0.717, 1.165) is 69.6 Å². The number of rotatable bonds is 55. The van der Waals surface area contributed by atoms with Crippen LogP contribution in [0.15, 0.2) is 0 Å². The first-order valence-electron chi connectivity index (χ1n) is 30.3. The molecule has 0 aromatic carbocycles. The molecule has 67 heavy (non-hydrogen) atoms. The van der Waals surface area contributed by atoms with E-state index in [1.54, 1.807) is 0 Å². The monoisotopic (exact) mass is 947 g/mol. The van der Waals surface area contributed by atoms with E-state index in [1.807, 2.05) is 0 Å². The second-order valence-electron chi connectivity index (χ2n) is 21.7. The number of esters is 3. The molecule has 0 N–H and O–H groups in total. The minimum absolute atomic E-state index is 0.0625. The van der Waals surface area contributed by atoms with E-state index in [0.29, 0.717) is 19.3 Å². The summed E-state index contributed by atoms with van der Waals surface area (Å²) in [5.74, 6) is 0.890. The third-order valence-corrected chi connectivity index (χ3v) is 14.3. The van der Waals surface area contributed by atoms with E-state index < -0.39 is 6.10 Å². The van der Waals surface area contributed by atoms with Crippen LogP contribution in [0.3, 0.4) is 0 Å². The van der Waals surface area contributed by atoms with Gasteiger partial charge in [-0.2, -0.15) is 0 Å². The lowest BCUT2D eigenvalue weighted by Crippen LogP contribution is -2.30. The summed E-state index contributed by atoms with van der Waals surface area (Å²) in [5, 5.41) is 0. The Labute approximate surface area is 418 Å². The van der Waals surface area contributed by atoms with Gasteiger partial charge in [0.2, 0.25) is 0 Å². The number of unbranched alkanes of at least 4 members (excludes halogenated alkanes) is 39. The molecule has 0 rings (SSSR count). The molecule has 0 aliphatic carbocycles. The molecule has 0 heterocycles. The fourth-order valence-electron chi connectivity index (χ4n) is 9.37. The minimum Gasteiger partial charge on any atom is -0.462 e. The maximum atomic E-state index is 12.9. The summed E-state index contributed by atoms with van der Waals surface area (Å²) < 4.78 is 16.9. The predicted molar refractivity (Wildman–Crippen MR) is 289 cm³/mol. The maximum absolute atomic E-state index is 12.9. The third kappa shape index (κ3) is 53.6. The molecule has 0 aromatic rings. The second-order valence-corrected chi connectivity index (χ2v) is 21.7. The zero-order valence-corrected chi connectivity index (χ0v) is 46.0. The Morgan fingerprint density at radius 3 is 0.851 bits per heavy atom. The fraction of sp³-hybridized carbons (Fsp3) is 0.951. The number of hydrogen-bond donors (Lipinski definition) is 0. The average Bonchev–Trinajstić information content (AvgIpc) is 3.31. The van der Waals surface area contributed by atoms with Gasteiger partial charge in [0.15, 0.2) is 6.10 Å².